The molecule has 0 aliphatic carbocycles. The van der Waals surface area contributed by atoms with Gasteiger partial charge in [0.1, 0.15) is 25.4 Å². The summed E-state index contributed by atoms with van der Waals surface area (Å²) in [5.74, 6) is -1.44. The molecule has 145 heavy (non-hydrogen) atoms. The molecule has 18 aromatic rings. The van der Waals surface area contributed by atoms with Crippen LogP contribution in [0.2, 0.25) is 13.1 Å². The second kappa shape index (κ2) is 52.6. The van der Waals surface area contributed by atoms with E-state index in [1.807, 2.05) is 222 Å². The van der Waals surface area contributed by atoms with Gasteiger partial charge < -0.3 is 73.7 Å². The fourth-order valence-corrected chi connectivity index (χ4v) is 16.5. The number of hydrogen-bond acceptors (Lipinski definition) is 20. The number of halogens is 2. The molecular weight excluding hydrogens is 2750 g/mol. The van der Waals surface area contributed by atoms with E-state index in [1.165, 1.54) is 22.5 Å². The number of carboxylic acid groups (broad SMARTS) is 1. The number of imidazole rings is 1. The summed E-state index contributed by atoms with van der Waals surface area (Å²) in [6.45, 7) is 16.8. The molecule has 0 spiro atoms. The molecule has 0 unspecified atom stereocenters. The SMILES string of the molecule is CC(C)(c1[c-]c(-c2ccccn2)ccc1)c1ccn(C(=O)c2[c-]cccc2)n1.CC(C)(c1[c-]c(Oc2ccccn2)ccc1)c1ccn(C(=O)c2[c-]cccc2)n1.CN(C)c1cc(Oc2[c-]c(-c3cc(N(C)C)ccn3)c(F)cc2F)nc(-c2ncc[n-]2)c1.C[N-]C(=O)c1cccc(C(C)(C)c2[c-]c(-c3cc(OC)ccn3)ccc2)n1.C[Si](C)(c1[c-]c(-c2cccc(C(=O)O)n2)ccc1)c1ccccn1.[Pt+2].[Pt+2].[Pt+2].[Pt+2].[Pt]. The molecule has 0 aliphatic heterocycles. The van der Waals surface area contributed by atoms with E-state index in [-0.39, 0.29) is 146 Å². The van der Waals surface area contributed by atoms with Crippen molar-refractivity contribution < 1.29 is 153 Å². The summed E-state index contributed by atoms with van der Waals surface area (Å²) in [5.41, 5.74) is 12.4. The molecule has 1 N–H and O–H groups in total. The van der Waals surface area contributed by atoms with Crippen molar-refractivity contribution in [1.29, 1.82) is 0 Å². The summed E-state index contributed by atoms with van der Waals surface area (Å²) in [4.78, 5) is 95.0. The Hall–Kier alpha value is -13.8. The topological polar surface area (TPSA) is 303 Å². The average Bonchev–Trinajstić information content (AvgIpc) is 1.74. The molecule has 0 atom stereocenters. The van der Waals surface area contributed by atoms with Crippen LogP contribution in [0.5, 0.6) is 29.0 Å². The van der Waals surface area contributed by atoms with E-state index in [9.17, 15) is 28.0 Å². The normalized spacial score (nSPS) is 10.8. The van der Waals surface area contributed by atoms with Crippen LogP contribution in [0.1, 0.15) is 117 Å². The van der Waals surface area contributed by atoms with Crippen LogP contribution in [-0.4, -0.2) is 144 Å². The number of anilines is 2. The fourth-order valence-electron chi connectivity index (χ4n) is 14.4. The first-order valence-corrected chi connectivity index (χ1v) is 47.2. The number of pyridine rings is 8. The number of carbonyl (C=O) groups is 4. The predicted molar refractivity (Wildman–Crippen MR) is 536 cm³/mol. The number of methoxy groups -OCH3 is 1. The molecule has 0 saturated heterocycles. The Morgan fingerprint density at radius 1 is 0.448 bits per heavy atom. The van der Waals surface area contributed by atoms with Gasteiger partial charge in [0.2, 0.25) is 11.8 Å². The predicted octanol–water partition coefficient (Wildman–Crippen LogP) is 20.3. The van der Waals surface area contributed by atoms with Crippen LogP contribution in [0, 0.1) is 54.1 Å². The molecule has 1 amide bonds. The third-order valence-electron chi connectivity index (χ3n) is 22.7. The molecule has 0 bridgehead atoms. The zero-order valence-electron chi connectivity index (χ0n) is 80.8. The smallest absolute Gasteiger partial charge is 0.650 e. The van der Waals surface area contributed by atoms with Crippen molar-refractivity contribution in [2.75, 3.05) is 52.1 Å². The maximum Gasteiger partial charge on any atom is 2.00 e. The van der Waals surface area contributed by atoms with Crippen LogP contribution in [0.3, 0.4) is 0 Å². The van der Waals surface area contributed by atoms with Gasteiger partial charge in [-0.1, -0.05) is 144 Å². The Morgan fingerprint density at radius 3 is 1.54 bits per heavy atom. The number of amides is 1. The van der Waals surface area contributed by atoms with Crippen molar-refractivity contribution in [3.05, 3.63) is 438 Å². The molecular formula is C112H96F2N17O8Pt5Si-. The first-order chi connectivity index (χ1) is 67.3. The minimum atomic E-state index is -1.97. The summed E-state index contributed by atoms with van der Waals surface area (Å²) in [6.07, 6.45) is 15.0. The van der Waals surface area contributed by atoms with Crippen molar-refractivity contribution in [3.8, 4) is 85.6 Å². The Bertz CT molecular complexity index is 7350. The maximum atomic E-state index is 14.6. The van der Waals surface area contributed by atoms with Gasteiger partial charge in [-0.3, -0.25) is 23.7 Å². The molecule has 0 saturated carbocycles. The van der Waals surface area contributed by atoms with Gasteiger partial charge in [-0.05, 0) is 107 Å². The van der Waals surface area contributed by atoms with E-state index >= 15 is 0 Å². The fraction of sp³-hybridized carbons (Fsp3) is 0.152. The standard InChI is InChI=1S/C24H19N3O2.C24H19N3O.C23H20F2N6O.C22H22N3O2.C19H17N2O2Si.5Pt/c1-24(2,19-11-8-12-20(17-19)29-22-13-6-7-15-25-22)21-14-16-27(26-21)23(28)18-9-4-3-5-10-18;1-24(2,20-12-8-11-19(17-20)21-13-6-7-15-25-21)22-14-16-27(26-22)23(28)18-9-4-3-5-10-18;1-30(2)14-5-6-26-19(9-14)16-12-21(18(25)13-17(16)24)32-22-11-15(31(3)4)10-20(29-22)23-27-7-8-28-23;1-22(2,20-10-6-9-18(25-20)21(26)23-3)16-8-5-7-15(13-16)19-14-17(27-4)11-12-24-19;1-24(2,18-11-3-4-12-20-18)15-8-5-7-14(13-15)16-9-6-10-17(21-16)19(22)23;;;;;/h3-9,11-16H,1-2H3;3-9,11-16H,1-2H3;5-11,13H,1-4H3;5-12,14H,1-4H3,(H,23,26);3-12H,1-2H3,(H,22,23);;;;;/q3*-2;2*-1;;4*+2/p-1. The van der Waals surface area contributed by atoms with Crippen LogP contribution in [-0.2, 0) is 122 Å². The molecule has 18 rings (SSSR count). The molecule has 746 valence electrons. The molecule has 7 aromatic carbocycles. The second-order valence-corrected chi connectivity index (χ2v) is 38.4. The summed E-state index contributed by atoms with van der Waals surface area (Å²) in [5, 5.41) is 24.1. The van der Waals surface area contributed by atoms with Crippen LogP contribution in [0.4, 0.5) is 20.2 Å². The van der Waals surface area contributed by atoms with E-state index < -0.39 is 41.9 Å². The number of aromatic carboxylic acids is 1. The van der Waals surface area contributed by atoms with Crippen molar-refractivity contribution in [3.63, 3.8) is 0 Å². The molecule has 11 aromatic heterocycles. The Morgan fingerprint density at radius 2 is 0.979 bits per heavy atom. The summed E-state index contributed by atoms with van der Waals surface area (Å²) >= 11 is 0. The van der Waals surface area contributed by atoms with Gasteiger partial charge in [0.25, 0.3) is 0 Å². The monoisotopic (exact) mass is 2850 g/mol. The van der Waals surface area contributed by atoms with E-state index in [0.717, 1.165) is 95.5 Å². The first kappa shape index (κ1) is 115. The number of hydrogen-bond donors (Lipinski definition) is 1. The average molecular weight is 2850 g/mol. The molecule has 11 heterocycles. The number of nitrogens with zero attached hydrogens (tertiary/aromatic N) is 17. The van der Waals surface area contributed by atoms with Crippen LogP contribution >= 0.6 is 0 Å². The minimum absolute atomic E-state index is 0. The zero-order valence-corrected chi connectivity index (χ0v) is 93.2. The molecule has 0 aliphatic rings. The van der Waals surface area contributed by atoms with Gasteiger partial charge in [0.05, 0.1) is 41.5 Å². The molecule has 33 heteroatoms. The Kier molecular flexibility index (Phi) is 41.6. The Balaban J connectivity index is 0.000000201. The third-order valence-corrected chi connectivity index (χ3v) is 25.9. The van der Waals surface area contributed by atoms with E-state index in [0.29, 0.717) is 51.4 Å². The first-order valence-electron chi connectivity index (χ1n) is 44.2. The largest absolute Gasteiger partial charge is 2.00 e. The van der Waals surface area contributed by atoms with Crippen molar-refractivity contribution in [2.24, 2.45) is 0 Å². The van der Waals surface area contributed by atoms with Gasteiger partial charge in [0.15, 0.2) is 11.8 Å². The number of carboxylic acids is 1. The summed E-state index contributed by atoms with van der Waals surface area (Å²) in [7, 11) is 8.55. The van der Waals surface area contributed by atoms with Crippen molar-refractivity contribution >= 4 is 53.6 Å². The number of rotatable bonds is 24. The van der Waals surface area contributed by atoms with E-state index in [2.05, 4.69) is 161 Å². The van der Waals surface area contributed by atoms with E-state index in [4.69, 9.17) is 19.3 Å². The maximum absolute atomic E-state index is 14.6. The van der Waals surface area contributed by atoms with Gasteiger partial charge >= 0.3 is 90.2 Å². The third kappa shape index (κ3) is 29.1. The Labute approximate surface area is 914 Å². The summed E-state index contributed by atoms with van der Waals surface area (Å²) in [6, 6.07) is 103. The van der Waals surface area contributed by atoms with Gasteiger partial charge in [-0.15, -0.1) is 191 Å². The second-order valence-electron chi connectivity index (χ2n) is 34.1. The number of benzene rings is 7. The summed E-state index contributed by atoms with van der Waals surface area (Å²) < 4.78 is 48.7. The van der Waals surface area contributed by atoms with Crippen LogP contribution < -0.4 is 39.5 Å². The minimum Gasteiger partial charge on any atom is -0.650 e. The van der Waals surface area contributed by atoms with Gasteiger partial charge in [-0.2, -0.15) is 22.3 Å². The number of carbonyl (C=O) groups excluding carboxylic acids is 3. The van der Waals surface area contributed by atoms with Crippen LogP contribution in [0.15, 0.2) is 323 Å². The molecule has 25 nitrogen and oxygen atoms in total. The van der Waals surface area contributed by atoms with Gasteiger partial charge in [0, 0.05) is 155 Å². The zero-order chi connectivity index (χ0) is 99.3. The molecule has 0 fully saturated rings. The molecule has 0 radical (unpaired) electrons. The number of aromatic nitrogens is 14. The quantitative estimate of drug-likeness (QED) is 0.0434. The van der Waals surface area contributed by atoms with Crippen molar-refractivity contribution in [2.45, 2.75) is 70.9 Å². The van der Waals surface area contributed by atoms with Crippen LogP contribution in [0.25, 0.3) is 61.9 Å². The van der Waals surface area contributed by atoms with Crippen molar-refractivity contribution in [1.82, 2.24) is 69.4 Å². The number of ether oxygens (including phenoxy) is 3. The van der Waals surface area contributed by atoms with Gasteiger partial charge in [-0.25, -0.2) is 24.1 Å². The van der Waals surface area contributed by atoms with E-state index in [1.54, 1.807) is 136 Å².